The van der Waals surface area contributed by atoms with Gasteiger partial charge in [-0.2, -0.15) is 0 Å². The van der Waals surface area contributed by atoms with Crippen molar-refractivity contribution in [2.24, 2.45) is 0 Å². The predicted molar refractivity (Wildman–Crippen MR) is 105 cm³/mol. The van der Waals surface area contributed by atoms with Gasteiger partial charge in [-0.05, 0) is 74.4 Å². The van der Waals surface area contributed by atoms with Crippen LogP contribution in [0.15, 0.2) is 60.7 Å². The summed E-state index contributed by atoms with van der Waals surface area (Å²) in [6.07, 6.45) is 0. The Morgan fingerprint density at radius 2 is 1.33 bits per heavy atom. The summed E-state index contributed by atoms with van der Waals surface area (Å²) in [5.41, 5.74) is 4.64. The van der Waals surface area contributed by atoms with Gasteiger partial charge in [-0.25, -0.2) is 4.90 Å². The predicted octanol–water partition coefficient (Wildman–Crippen LogP) is 5.20. The van der Waals surface area contributed by atoms with E-state index in [1.807, 2.05) is 57.2 Å². The summed E-state index contributed by atoms with van der Waals surface area (Å²) in [6.45, 7) is 5.96. The first-order valence-corrected chi connectivity index (χ1v) is 8.78. The first-order chi connectivity index (χ1) is 12.9. The normalized spacial score (nSPS) is 13.1. The van der Waals surface area contributed by atoms with Gasteiger partial charge in [-0.15, -0.1) is 0 Å². The third-order valence-corrected chi connectivity index (χ3v) is 4.86. The molecule has 4 nitrogen and oxygen atoms in total. The van der Waals surface area contributed by atoms with Crippen LogP contribution >= 0.6 is 0 Å². The van der Waals surface area contributed by atoms with E-state index in [-0.39, 0.29) is 11.8 Å². The highest BCUT2D eigenvalue weighted by atomic mass is 16.5. The number of benzene rings is 3. The standard InChI is InChI=1S/C23H19NO3/c1-14-4-8-18(9-5-14)27-19-10-11-20-21(13-19)23(26)24(22(20)25)17-7-6-15(2)16(3)12-17/h4-13H,1-3H3. The Morgan fingerprint density at radius 3 is 2.04 bits per heavy atom. The summed E-state index contributed by atoms with van der Waals surface area (Å²) in [7, 11) is 0. The van der Waals surface area contributed by atoms with Crippen LogP contribution in [0.5, 0.6) is 11.5 Å². The van der Waals surface area contributed by atoms with Gasteiger partial charge < -0.3 is 4.74 Å². The zero-order valence-corrected chi connectivity index (χ0v) is 15.4. The molecular formula is C23H19NO3. The van der Waals surface area contributed by atoms with Crippen molar-refractivity contribution in [2.75, 3.05) is 4.90 Å². The number of hydrogen-bond donors (Lipinski definition) is 0. The molecule has 0 fully saturated rings. The van der Waals surface area contributed by atoms with Crippen molar-refractivity contribution < 1.29 is 14.3 Å². The fourth-order valence-electron chi connectivity index (χ4n) is 3.13. The molecule has 2 amide bonds. The Bertz CT molecular complexity index is 1070. The zero-order chi connectivity index (χ0) is 19.1. The van der Waals surface area contributed by atoms with Crippen LogP contribution in [0, 0.1) is 20.8 Å². The van der Waals surface area contributed by atoms with Crippen molar-refractivity contribution in [3.05, 3.63) is 88.5 Å². The van der Waals surface area contributed by atoms with Crippen LogP contribution < -0.4 is 9.64 Å². The van der Waals surface area contributed by atoms with Crippen LogP contribution in [0.25, 0.3) is 0 Å². The molecule has 0 aliphatic carbocycles. The van der Waals surface area contributed by atoms with Crippen molar-refractivity contribution in [3.8, 4) is 11.5 Å². The molecule has 1 heterocycles. The highest BCUT2D eigenvalue weighted by molar-refractivity contribution is 6.34. The molecule has 0 saturated heterocycles. The van der Waals surface area contributed by atoms with Gasteiger partial charge in [-0.3, -0.25) is 9.59 Å². The van der Waals surface area contributed by atoms with E-state index in [0.29, 0.717) is 28.3 Å². The number of nitrogens with zero attached hydrogens (tertiary/aromatic N) is 1. The average molecular weight is 357 g/mol. The van der Waals surface area contributed by atoms with Gasteiger partial charge in [0.25, 0.3) is 11.8 Å². The summed E-state index contributed by atoms with van der Waals surface area (Å²) >= 11 is 0. The molecule has 3 aromatic rings. The van der Waals surface area contributed by atoms with E-state index < -0.39 is 0 Å². The molecule has 0 aromatic heterocycles. The largest absolute Gasteiger partial charge is 0.457 e. The van der Waals surface area contributed by atoms with Crippen LogP contribution in [0.3, 0.4) is 0 Å². The molecule has 1 aliphatic rings. The number of rotatable bonds is 3. The molecule has 1 aliphatic heterocycles. The number of carbonyl (C=O) groups excluding carboxylic acids is 2. The van der Waals surface area contributed by atoms with Crippen molar-refractivity contribution >= 4 is 17.5 Å². The van der Waals surface area contributed by atoms with Gasteiger partial charge >= 0.3 is 0 Å². The number of fused-ring (bicyclic) bond motifs is 1. The van der Waals surface area contributed by atoms with Crippen LogP contribution in [0.2, 0.25) is 0 Å². The molecule has 4 heteroatoms. The van der Waals surface area contributed by atoms with Crippen LogP contribution in [0.4, 0.5) is 5.69 Å². The second-order valence-electron chi connectivity index (χ2n) is 6.84. The van der Waals surface area contributed by atoms with Crippen LogP contribution in [-0.4, -0.2) is 11.8 Å². The highest BCUT2D eigenvalue weighted by Gasteiger charge is 2.37. The number of amides is 2. The lowest BCUT2D eigenvalue weighted by Gasteiger charge is -2.15. The number of aryl methyl sites for hydroxylation is 3. The van der Waals surface area contributed by atoms with Gasteiger partial charge in [0.15, 0.2) is 0 Å². The van der Waals surface area contributed by atoms with E-state index >= 15 is 0 Å². The Hall–Kier alpha value is -3.40. The first-order valence-electron chi connectivity index (χ1n) is 8.78. The minimum absolute atomic E-state index is 0.305. The van der Waals surface area contributed by atoms with E-state index in [2.05, 4.69) is 0 Å². The number of carbonyl (C=O) groups is 2. The monoisotopic (exact) mass is 357 g/mol. The summed E-state index contributed by atoms with van der Waals surface area (Å²) < 4.78 is 5.84. The number of hydrogen-bond acceptors (Lipinski definition) is 3. The fourth-order valence-corrected chi connectivity index (χ4v) is 3.13. The minimum Gasteiger partial charge on any atom is -0.457 e. The molecule has 3 aromatic carbocycles. The number of ether oxygens (including phenoxy) is 1. The van der Waals surface area contributed by atoms with Crippen LogP contribution in [-0.2, 0) is 0 Å². The van der Waals surface area contributed by atoms with Gasteiger partial charge in [-0.1, -0.05) is 23.8 Å². The maximum absolute atomic E-state index is 12.9. The van der Waals surface area contributed by atoms with Crippen molar-refractivity contribution in [1.29, 1.82) is 0 Å². The smallest absolute Gasteiger partial charge is 0.266 e. The van der Waals surface area contributed by atoms with Crippen molar-refractivity contribution in [2.45, 2.75) is 20.8 Å². The SMILES string of the molecule is Cc1ccc(Oc2ccc3c(c2)C(=O)N(c2ccc(C)c(C)c2)C3=O)cc1. The zero-order valence-electron chi connectivity index (χ0n) is 15.4. The Balaban J connectivity index is 1.66. The molecular weight excluding hydrogens is 338 g/mol. The summed E-state index contributed by atoms with van der Waals surface area (Å²) in [4.78, 5) is 26.9. The Morgan fingerprint density at radius 1 is 0.667 bits per heavy atom. The van der Waals surface area contributed by atoms with E-state index in [1.54, 1.807) is 24.3 Å². The van der Waals surface area contributed by atoms with Crippen molar-refractivity contribution in [3.63, 3.8) is 0 Å². The summed E-state index contributed by atoms with van der Waals surface area (Å²) in [5.74, 6) is 0.580. The number of imide groups is 1. The van der Waals surface area contributed by atoms with E-state index in [1.165, 1.54) is 4.90 Å². The third-order valence-electron chi connectivity index (χ3n) is 4.86. The summed E-state index contributed by atoms with van der Waals surface area (Å²) in [5, 5.41) is 0. The lowest BCUT2D eigenvalue weighted by Crippen LogP contribution is -2.29. The second-order valence-corrected chi connectivity index (χ2v) is 6.84. The first kappa shape index (κ1) is 17.0. The van der Waals surface area contributed by atoms with Gasteiger partial charge in [0.2, 0.25) is 0 Å². The lowest BCUT2D eigenvalue weighted by atomic mass is 10.1. The van der Waals surface area contributed by atoms with Crippen molar-refractivity contribution in [1.82, 2.24) is 0 Å². The summed E-state index contributed by atoms with van der Waals surface area (Å²) in [6, 6.07) is 18.2. The van der Waals surface area contributed by atoms with Gasteiger partial charge in [0.1, 0.15) is 11.5 Å². The molecule has 0 saturated carbocycles. The number of anilines is 1. The maximum atomic E-state index is 12.9. The van der Waals surface area contributed by atoms with E-state index in [9.17, 15) is 9.59 Å². The topological polar surface area (TPSA) is 46.6 Å². The molecule has 134 valence electrons. The molecule has 0 radical (unpaired) electrons. The highest BCUT2D eigenvalue weighted by Crippen LogP contribution is 2.33. The average Bonchev–Trinajstić information content (AvgIpc) is 2.90. The van der Waals surface area contributed by atoms with Gasteiger partial charge in [0, 0.05) is 0 Å². The molecule has 0 bridgehead atoms. The quantitative estimate of drug-likeness (QED) is 0.605. The lowest BCUT2D eigenvalue weighted by molar-refractivity contribution is 0.0926. The molecule has 0 N–H and O–H groups in total. The second kappa shape index (κ2) is 6.40. The fraction of sp³-hybridized carbons (Fsp3) is 0.130. The molecule has 0 unspecified atom stereocenters. The molecule has 4 rings (SSSR count). The van der Waals surface area contributed by atoms with E-state index in [0.717, 1.165) is 16.7 Å². The van der Waals surface area contributed by atoms with Crippen LogP contribution in [0.1, 0.15) is 37.4 Å². The maximum Gasteiger partial charge on any atom is 0.266 e. The molecule has 0 atom stereocenters. The molecule has 0 spiro atoms. The third kappa shape index (κ3) is 2.99. The Labute approximate surface area is 158 Å². The Kier molecular flexibility index (Phi) is 4.04. The molecule has 27 heavy (non-hydrogen) atoms. The van der Waals surface area contributed by atoms with E-state index in [4.69, 9.17) is 4.74 Å². The minimum atomic E-state index is -0.326. The van der Waals surface area contributed by atoms with Gasteiger partial charge in [0.05, 0.1) is 16.8 Å².